The fourth-order valence-electron chi connectivity index (χ4n) is 2.67. The lowest BCUT2D eigenvalue weighted by Gasteiger charge is -2.35. The molecule has 100 valence electrons. The lowest BCUT2D eigenvalue weighted by atomic mass is 10.1. The predicted molar refractivity (Wildman–Crippen MR) is 77.3 cm³/mol. The van der Waals surface area contributed by atoms with E-state index in [9.17, 15) is 0 Å². The number of aromatic nitrogens is 1. The van der Waals surface area contributed by atoms with E-state index in [1.165, 1.54) is 10.8 Å². The third-order valence-corrected chi connectivity index (χ3v) is 3.72. The summed E-state index contributed by atoms with van der Waals surface area (Å²) in [7, 11) is 0. The Kier molecular flexibility index (Phi) is 3.36. The van der Waals surface area contributed by atoms with Crippen LogP contribution in [-0.4, -0.2) is 30.8 Å². The van der Waals surface area contributed by atoms with Crippen LogP contribution in [0.1, 0.15) is 12.5 Å². The van der Waals surface area contributed by atoms with Crippen molar-refractivity contribution in [2.75, 3.05) is 24.7 Å². The molecule has 1 atom stereocenters. The van der Waals surface area contributed by atoms with Crippen LogP contribution in [0, 0.1) is 0 Å². The number of rotatable bonds is 2. The largest absolute Gasteiger partial charge is 0.377 e. The van der Waals surface area contributed by atoms with E-state index in [1.54, 1.807) is 0 Å². The van der Waals surface area contributed by atoms with Crippen LogP contribution >= 0.6 is 0 Å². The molecule has 0 saturated carbocycles. The molecule has 1 aliphatic heterocycles. The fourth-order valence-corrected chi connectivity index (χ4v) is 2.67. The number of fused-ring (bicyclic) bond motifs is 1. The second kappa shape index (κ2) is 5.15. The number of benzene rings is 1. The van der Waals surface area contributed by atoms with Crippen LogP contribution in [0.25, 0.3) is 10.8 Å². The van der Waals surface area contributed by atoms with Crippen molar-refractivity contribution < 1.29 is 4.74 Å². The highest BCUT2D eigenvalue weighted by Crippen LogP contribution is 2.29. The quantitative estimate of drug-likeness (QED) is 0.893. The van der Waals surface area contributed by atoms with Crippen molar-refractivity contribution in [1.29, 1.82) is 0 Å². The van der Waals surface area contributed by atoms with Crippen LogP contribution < -0.4 is 10.6 Å². The van der Waals surface area contributed by atoms with Gasteiger partial charge < -0.3 is 15.4 Å². The number of hydrogen-bond acceptors (Lipinski definition) is 4. The van der Waals surface area contributed by atoms with Crippen LogP contribution in [0.15, 0.2) is 30.5 Å². The van der Waals surface area contributed by atoms with Gasteiger partial charge in [0.1, 0.15) is 5.82 Å². The Morgan fingerprint density at radius 3 is 2.89 bits per heavy atom. The molecule has 0 radical (unpaired) electrons. The van der Waals surface area contributed by atoms with Gasteiger partial charge in [-0.05, 0) is 17.9 Å². The topological polar surface area (TPSA) is 51.4 Å². The van der Waals surface area contributed by atoms with Gasteiger partial charge in [0.15, 0.2) is 0 Å². The number of pyridine rings is 1. The van der Waals surface area contributed by atoms with E-state index in [0.717, 1.165) is 31.1 Å². The molecule has 0 aliphatic carbocycles. The van der Waals surface area contributed by atoms with Gasteiger partial charge in [0.2, 0.25) is 0 Å². The Hall–Kier alpha value is -1.65. The summed E-state index contributed by atoms with van der Waals surface area (Å²) in [5, 5.41) is 2.38. The molecule has 2 N–H and O–H groups in total. The first kappa shape index (κ1) is 12.4. The number of nitrogens with two attached hydrogens (primary N) is 1. The molecule has 1 fully saturated rings. The van der Waals surface area contributed by atoms with E-state index in [1.807, 2.05) is 12.3 Å². The fraction of sp³-hybridized carbons (Fsp3) is 0.400. The summed E-state index contributed by atoms with van der Waals surface area (Å²) in [5.74, 6) is 1.05. The third kappa shape index (κ3) is 2.17. The van der Waals surface area contributed by atoms with Gasteiger partial charge in [-0.2, -0.15) is 0 Å². The maximum absolute atomic E-state index is 5.80. The van der Waals surface area contributed by atoms with Crippen LogP contribution in [0.5, 0.6) is 0 Å². The average Bonchev–Trinajstić information content (AvgIpc) is 2.47. The summed E-state index contributed by atoms with van der Waals surface area (Å²) in [6.45, 7) is 5.10. The third-order valence-electron chi connectivity index (χ3n) is 3.72. The summed E-state index contributed by atoms with van der Waals surface area (Å²) in [5.41, 5.74) is 6.90. The minimum atomic E-state index is 0.355. The molecule has 4 nitrogen and oxygen atoms in total. The molecule has 1 aromatic heterocycles. The first-order valence-electron chi connectivity index (χ1n) is 6.72. The average molecular weight is 257 g/mol. The van der Waals surface area contributed by atoms with Crippen molar-refractivity contribution in [3.8, 4) is 0 Å². The first-order chi connectivity index (χ1) is 9.31. The Morgan fingerprint density at radius 2 is 2.16 bits per heavy atom. The van der Waals surface area contributed by atoms with Gasteiger partial charge in [-0.1, -0.05) is 24.3 Å². The monoisotopic (exact) mass is 257 g/mol. The Bertz CT molecular complexity index is 585. The van der Waals surface area contributed by atoms with Crippen LogP contribution in [-0.2, 0) is 11.3 Å². The molecule has 19 heavy (non-hydrogen) atoms. The highest BCUT2D eigenvalue weighted by molar-refractivity contribution is 5.94. The number of morpholine rings is 1. The highest BCUT2D eigenvalue weighted by Gasteiger charge is 2.22. The van der Waals surface area contributed by atoms with Crippen molar-refractivity contribution in [3.63, 3.8) is 0 Å². The molecule has 1 unspecified atom stereocenters. The molecule has 2 heterocycles. The molecular weight excluding hydrogens is 238 g/mol. The van der Waals surface area contributed by atoms with E-state index in [0.29, 0.717) is 12.6 Å². The Morgan fingerprint density at radius 1 is 1.37 bits per heavy atom. The van der Waals surface area contributed by atoms with Crippen LogP contribution in [0.2, 0.25) is 0 Å². The predicted octanol–water partition coefficient (Wildman–Crippen LogP) is 1.92. The van der Waals surface area contributed by atoms with Gasteiger partial charge in [-0.25, -0.2) is 4.98 Å². The summed E-state index contributed by atoms with van der Waals surface area (Å²) in [4.78, 5) is 6.97. The van der Waals surface area contributed by atoms with Gasteiger partial charge in [0, 0.05) is 24.7 Å². The van der Waals surface area contributed by atoms with Crippen molar-refractivity contribution in [2.45, 2.75) is 19.5 Å². The maximum atomic E-state index is 5.80. The van der Waals surface area contributed by atoms with Crippen LogP contribution in [0.3, 0.4) is 0 Å². The van der Waals surface area contributed by atoms with Gasteiger partial charge in [0.25, 0.3) is 0 Å². The molecule has 1 aliphatic rings. The summed E-state index contributed by atoms with van der Waals surface area (Å²) in [6, 6.07) is 8.70. The molecule has 3 rings (SSSR count). The number of ether oxygens (including phenoxy) is 1. The van der Waals surface area contributed by atoms with E-state index < -0.39 is 0 Å². The Balaban J connectivity index is 2.13. The standard InChI is InChI=1S/C15H19N3O/c1-11-10-19-7-6-18(11)15-14-5-3-2-4-13(14)12(8-16)9-17-15/h2-5,9,11H,6-8,10,16H2,1H3. The Labute approximate surface area is 113 Å². The smallest absolute Gasteiger partial charge is 0.136 e. The molecule has 1 aromatic carbocycles. The van der Waals surface area contributed by atoms with Gasteiger partial charge in [0.05, 0.1) is 19.3 Å². The lowest BCUT2D eigenvalue weighted by Crippen LogP contribution is -2.44. The van der Waals surface area contributed by atoms with E-state index in [4.69, 9.17) is 10.5 Å². The molecule has 0 spiro atoms. The van der Waals surface area contributed by atoms with E-state index in [2.05, 4.69) is 35.0 Å². The van der Waals surface area contributed by atoms with Crippen molar-refractivity contribution >= 4 is 16.6 Å². The number of hydrogen-bond donors (Lipinski definition) is 1. The molecule has 0 amide bonds. The lowest BCUT2D eigenvalue weighted by molar-refractivity contribution is 0.0987. The zero-order chi connectivity index (χ0) is 13.2. The molecule has 2 aromatic rings. The zero-order valence-corrected chi connectivity index (χ0v) is 11.2. The number of nitrogens with zero attached hydrogens (tertiary/aromatic N) is 2. The van der Waals surface area contributed by atoms with Gasteiger partial charge >= 0.3 is 0 Å². The van der Waals surface area contributed by atoms with Gasteiger partial charge in [-0.3, -0.25) is 0 Å². The second-order valence-corrected chi connectivity index (χ2v) is 4.97. The summed E-state index contributed by atoms with van der Waals surface area (Å²) >= 11 is 0. The molecule has 1 saturated heterocycles. The van der Waals surface area contributed by atoms with Crippen molar-refractivity contribution in [1.82, 2.24) is 4.98 Å². The highest BCUT2D eigenvalue weighted by atomic mass is 16.5. The molecular formula is C15H19N3O. The first-order valence-corrected chi connectivity index (χ1v) is 6.72. The SMILES string of the molecule is CC1COCCN1c1ncc(CN)c2ccccc12. The summed E-state index contributed by atoms with van der Waals surface area (Å²) in [6.07, 6.45) is 1.90. The summed E-state index contributed by atoms with van der Waals surface area (Å²) < 4.78 is 5.50. The van der Waals surface area contributed by atoms with Crippen molar-refractivity contribution in [3.05, 3.63) is 36.0 Å². The normalized spacial score (nSPS) is 19.9. The zero-order valence-electron chi connectivity index (χ0n) is 11.2. The molecule has 0 bridgehead atoms. The molecule has 4 heteroatoms. The van der Waals surface area contributed by atoms with E-state index >= 15 is 0 Å². The van der Waals surface area contributed by atoms with Gasteiger partial charge in [-0.15, -0.1) is 0 Å². The minimum Gasteiger partial charge on any atom is -0.377 e. The number of anilines is 1. The van der Waals surface area contributed by atoms with Crippen LogP contribution in [0.4, 0.5) is 5.82 Å². The minimum absolute atomic E-state index is 0.355. The maximum Gasteiger partial charge on any atom is 0.136 e. The second-order valence-electron chi connectivity index (χ2n) is 4.97. The van der Waals surface area contributed by atoms with Crippen molar-refractivity contribution in [2.24, 2.45) is 5.73 Å². The van der Waals surface area contributed by atoms with E-state index in [-0.39, 0.29) is 0 Å².